The Labute approximate surface area is 108 Å². The molecule has 0 spiro atoms. The summed E-state index contributed by atoms with van der Waals surface area (Å²) in [5.74, 6) is 1.63. The Bertz CT molecular complexity index is 454. The lowest BCUT2D eigenvalue weighted by Gasteiger charge is -2.21. The number of nitriles is 1. The molecule has 0 saturated carbocycles. The number of fused-ring (bicyclic) bond motifs is 1. The SMILES string of the molecule is CC(C#N)CNC(C)c1ccc2c(c1)OCCO2. The molecule has 0 saturated heterocycles. The highest BCUT2D eigenvalue weighted by molar-refractivity contribution is 5.44. The molecule has 2 unspecified atom stereocenters. The van der Waals surface area contributed by atoms with E-state index < -0.39 is 0 Å². The van der Waals surface area contributed by atoms with E-state index in [-0.39, 0.29) is 12.0 Å². The summed E-state index contributed by atoms with van der Waals surface area (Å²) in [4.78, 5) is 0. The predicted molar refractivity (Wildman–Crippen MR) is 68.6 cm³/mol. The summed E-state index contributed by atoms with van der Waals surface area (Å²) in [5.41, 5.74) is 1.14. The second-order valence-corrected chi connectivity index (χ2v) is 4.56. The summed E-state index contributed by atoms with van der Waals surface area (Å²) < 4.78 is 11.0. The highest BCUT2D eigenvalue weighted by atomic mass is 16.6. The van der Waals surface area contributed by atoms with E-state index >= 15 is 0 Å². The van der Waals surface area contributed by atoms with Gasteiger partial charge in [0, 0.05) is 12.6 Å². The van der Waals surface area contributed by atoms with Crippen LogP contribution >= 0.6 is 0 Å². The van der Waals surface area contributed by atoms with Gasteiger partial charge in [0.1, 0.15) is 13.2 Å². The maximum atomic E-state index is 8.75. The Morgan fingerprint density at radius 2 is 2.00 bits per heavy atom. The van der Waals surface area contributed by atoms with E-state index in [2.05, 4.69) is 18.3 Å². The molecule has 4 heteroatoms. The molecule has 1 N–H and O–H groups in total. The molecule has 0 amide bonds. The van der Waals surface area contributed by atoms with Crippen molar-refractivity contribution in [2.24, 2.45) is 5.92 Å². The third-order valence-electron chi connectivity index (χ3n) is 3.02. The molecule has 0 bridgehead atoms. The van der Waals surface area contributed by atoms with Gasteiger partial charge in [0.15, 0.2) is 11.5 Å². The molecule has 1 aromatic carbocycles. The number of benzene rings is 1. The van der Waals surface area contributed by atoms with Crippen LogP contribution in [0.1, 0.15) is 25.5 Å². The van der Waals surface area contributed by atoms with Crippen LogP contribution in [0.4, 0.5) is 0 Å². The van der Waals surface area contributed by atoms with E-state index in [9.17, 15) is 0 Å². The standard InChI is InChI=1S/C14H18N2O2/c1-10(8-15)9-16-11(2)12-3-4-13-14(7-12)18-6-5-17-13/h3-4,7,10-11,16H,5-6,9H2,1-2H3. The average Bonchev–Trinajstić information content (AvgIpc) is 2.43. The molecule has 2 atom stereocenters. The topological polar surface area (TPSA) is 54.3 Å². The van der Waals surface area contributed by atoms with Gasteiger partial charge in [0.05, 0.1) is 12.0 Å². The van der Waals surface area contributed by atoms with Crippen molar-refractivity contribution in [1.29, 1.82) is 5.26 Å². The van der Waals surface area contributed by atoms with E-state index in [1.807, 2.05) is 25.1 Å². The molecule has 0 aromatic heterocycles. The second-order valence-electron chi connectivity index (χ2n) is 4.56. The maximum absolute atomic E-state index is 8.75. The van der Waals surface area contributed by atoms with Crippen LogP contribution in [0.3, 0.4) is 0 Å². The van der Waals surface area contributed by atoms with Crippen molar-refractivity contribution in [3.8, 4) is 17.6 Å². The Kier molecular flexibility index (Phi) is 4.06. The zero-order chi connectivity index (χ0) is 13.0. The van der Waals surface area contributed by atoms with Gasteiger partial charge in [-0.25, -0.2) is 0 Å². The second kappa shape index (κ2) is 5.74. The largest absolute Gasteiger partial charge is 0.486 e. The lowest BCUT2D eigenvalue weighted by atomic mass is 10.1. The fourth-order valence-corrected chi connectivity index (χ4v) is 1.85. The van der Waals surface area contributed by atoms with Crippen molar-refractivity contribution >= 4 is 0 Å². The van der Waals surface area contributed by atoms with Gasteiger partial charge < -0.3 is 14.8 Å². The van der Waals surface area contributed by atoms with Crippen molar-refractivity contribution < 1.29 is 9.47 Å². The van der Waals surface area contributed by atoms with Crippen molar-refractivity contribution in [2.75, 3.05) is 19.8 Å². The first-order chi connectivity index (χ1) is 8.70. The monoisotopic (exact) mass is 246 g/mol. The molecule has 0 radical (unpaired) electrons. The minimum atomic E-state index is 0.0182. The third-order valence-corrected chi connectivity index (χ3v) is 3.02. The molecule has 18 heavy (non-hydrogen) atoms. The Balaban J connectivity index is 2.02. The number of hydrogen-bond donors (Lipinski definition) is 1. The van der Waals surface area contributed by atoms with E-state index in [4.69, 9.17) is 14.7 Å². The molecule has 0 aliphatic carbocycles. The summed E-state index contributed by atoms with van der Waals surface area (Å²) in [6, 6.07) is 8.38. The minimum Gasteiger partial charge on any atom is -0.486 e. The normalized spacial score (nSPS) is 16.7. The third kappa shape index (κ3) is 2.93. The number of rotatable bonds is 4. The molecule has 4 nitrogen and oxygen atoms in total. The van der Waals surface area contributed by atoms with Crippen LogP contribution < -0.4 is 14.8 Å². The first-order valence-electron chi connectivity index (χ1n) is 6.23. The van der Waals surface area contributed by atoms with Gasteiger partial charge in [-0.05, 0) is 31.5 Å². The van der Waals surface area contributed by atoms with Gasteiger partial charge in [-0.2, -0.15) is 5.26 Å². The molecule has 96 valence electrons. The van der Waals surface area contributed by atoms with Crippen LogP contribution in [0.2, 0.25) is 0 Å². The van der Waals surface area contributed by atoms with Gasteiger partial charge in [-0.1, -0.05) is 6.07 Å². The van der Waals surface area contributed by atoms with Gasteiger partial charge >= 0.3 is 0 Å². The summed E-state index contributed by atoms with van der Waals surface area (Å²) in [7, 11) is 0. The van der Waals surface area contributed by atoms with Crippen LogP contribution in [-0.4, -0.2) is 19.8 Å². The van der Waals surface area contributed by atoms with Crippen LogP contribution in [0, 0.1) is 17.2 Å². The van der Waals surface area contributed by atoms with Crippen molar-refractivity contribution in [3.63, 3.8) is 0 Å². The Morgan fingerprint density at radius 1 is 1.28 bits per heavy atom. The highest BCUT2D eigenvalue weighted by Gasteiger charge is 2.14. The zero-order valence-electron chi connectivity index (χ0n) is 10.8. The summed E-state index contributed by atoms with van der Waals surface area (Å²) in [6.45, 7) is 5.88. The Morgan fingerprint density at radius 3 is 2.72 bits per heavy atom. The Hall–Kier alpha value is -1.73. The van der Waals surface area contributed by atoms with Crippen LogP contribution in [0.5, 0.6) is 11.5 Å². The van der Waals surface area contributed by atoms with Gasteiger partial charge in [0.25, 0.3) is 0 Å². The molecule has 2 rings (SSSR count). The average molecular weight is 246 g/mol. The van der Waals surface area contributed by atoms with Crippen molar-refractivity contribution in [1.82, 2.24) is 5.32 Å². The highest BCUT2D eigenvalue weighted by Crippen LogP contribution is 2.32. The van der Waals surface area contributed by atoms with Gasteiger partial charge in [-0.15, -0.1) is 0 Å². The first kappa shape index (κ1) is 12.7. The van der Waals surface area contributed by atoms with E-state index in [1.165, 1.54) is 0 Å². The molecule has 1 aliphatic rings. The molecule has 1 heterocycles. The van der Waals surface area contributed by atoms with Crippen LogP contribution in [0.15, 0.2) is 18.2 Å². The number of ether oxygens (including phenoxy) is 2. The van der Waals surface area contributed by atoms with Crippen LogP contribution in [0.25, 0.3) is 0 Å². The minimum absolute atomic E-state index is 0.0182. The van der Waals surface area contributed by atoms with Crippen molar-refractivity contribution in [2.45, 2.75) is 19.9 Å². The summed E-state index contributed by atoms with van der Waals surface area (Å²) >= 11 is 0. The van der Waals surface area contributed by atoms with Crippen LogP contribution in [-0.2, 0) is 0 Å². The number of nitrogens with zero attached hydrogens (tertiary/aromatic N) is 1. The maximum Gasteiger partial charge on any atom is 0.161 e. The number of nitrogens with one attached hydrogen (secondary N) is 1. The molecular weight excluding hydrogens is 228 g/mol. The van der Waals surface area contributed by atoms with Gasteiger partial charge in [-0.3, -0.25) is 0 Å². The summed E-state index contributed by atoms with van der Waals surface area (Å²) in [5, 5.41) is 12.1. The lowest BCUT2D eigenvalue weighted by molar-refractivity contribution is 0.171. The fourth-order valence-electron chi connectivity index (χ4n) is 1.85. The van der Waals surface area contributed by atoms with E-state index in [1.54, 1.807) is 0 Å². The molecule has 0 fully saturated rings. The number of hydrogen-bond acceptors (Lipinski definition) is 4. The quantitative estimate of drug-likeness (QED) is 0.885. The predicted octanol–water partition coefficient (Wildman–Crippen LogP) is 2.27. The molecule has 1 aromatic rings. The zero-order valence-corrected chi connectivity index (χ0v) is 10.8. The van der Waals surface area contributed by atoms with E-state index in [0.29, 0.717) is 19.8 Å². The molecular formula is C14H18N2O2. The summed E-state index contributed by atoms with van der Waals surface area (Å²) in [6.07, 6.45) is 0. The lowest BCUT2D eigenvalue weighted by Crippen LogP contribution is -2.24. The molecule has 1 aliphatic heterocycles. The fraction of sp³-hybridized carbons (Fsp3) is 0.500. The van der Waals surface area contributed by atoms with E-state index in [0.717, 1.165) is 17.1 Å². The first-order valence-corrected chi connectivity index (χ1v) is 6.23. The van der Waals surface area contributed by atoms with Gasteiger partial charge in [0.2, 0.25) is 0 Å². The smallest absolute Gasteiger partial charge is 0.161 e. The van der Waals surface area contributed by atoms with Crippen molar-refractivity contribution in [3.05, 3.63) is 23.8 Å².